The Morgan fingerprint density at radius 2 is 1.76 bits per heavy atom. The molecule has 0 atom stereocenters. The lowest BCUT2D eigenvalue weighted by atomic mass is 10.0. The van der Waals surface area contributed by atoms with Crippen LogP contribution in [0.15, 0.2) is 80.4 Å². The third-order valence-electron chi connectivity index (χ3n) is 6.32. The first-order chi connectivity index (χ1) is 18.3. The molecule has 9 heteroatoms. The van der Waals surface area contributed by atoms with Crippen molar-refractivity contribution in [1.82, 2.24) is 30.1 Å². The molecule has 5 rings (SSSR count). The Bertz CT molecular complexity index is 1660. The Hall–Kier alpha value is -4.92. The van der Waals surface area contributed by atoms with E-state index < -0.39 is 5.82 Å². The summed E-state index contributed by atoms with van der Waals surface area (Å²) in [4.78, 5) is 17.2. The smallest absolute Gasteiger partial charge is 0.161 e. The minimum absolute atomic E-state index is 0.163. The maximum atomic E-state index is 16.0. The molecular weight excluding hydrogens is 479 g/mol. The number of hydrogen-bond acceptors (Lipinski definition) is 7. The summed E-state index contributed by atoms with van der Waals surface area (Å²) in [5.74, 6) is -0.282. The van der Waals surface area contributed by atoms with E-state index in [9.17, 15) is 0 Å². The van der Waals surface area contributed by atoms with Crippen molar-refractivity contribution in [2.24, 2.45) is 5.92 Å². The van der Waals surface area contributed by atoms with Crippen molar-refractivity contribution in [2.45, 2.75) is 20.8 Å². The molecule has 0 saturated carbocycles. The van der Waals surface area contributed by atoms with E-state index in [1.807, 2.05) is 32.9 Å². The Morgan fingerprint density at radius 1 is 0.974 bits per heavy atom. The van der Waals surface area contributed by atoms with Gasteiger partial charge in [-0.15, -0.1) is 0 Å². The quantitative estimate of drug-likeness (QED) is 0.218. The van der Waals surface area contributed by atoms with Crippen LogP contribution in [0, 0.1) is 18.7 Å². The van der Waals surface area contributed by atoms with Crippen LogP contribution in [0.1, 0.15) is 25.1 Å². The summed E-state index contributed by atoms with van der Waals surface area (Å²) in [5, 5.41) is 14.0. The molecule has 5 aromatic heterocycles. The number of pyridine rings is 4. The summed E-state index contributed by atoms with van der Waals surface area (Å²) in [6, 6.07) is 5.64. The number of halogens is 1. The molecule has 5 aromatic rings. The van der Waals surface area contributed by atoms with Gasteiger partial charge in [-0.25, -0.2) is 4.39 Å². The first-order valence-electron chi connectivity index (χ1n) is 12.1. The van der Waals surface area contributed by atoms with Crippen LogP contribution in [0.2, 0.25) is 0 Å². The largest absolute Gasteiger partial charge is 0.358 e. The van der Waals surface area contributed by atoms with Gasteiger partial charge in [-0.1, -0.05) is 33.1 Å². The van der Waals surface area contributed by atoms with Gasteiger partial charge in [0.2, 0.25) is 0 Å². The van der Waals surface area contributed by atoms with E-state index in [1.54, 1.807) is 49.4 Å². The second-order valence-electron chi connectivity index (χ2n) is 9.25. The van der Waals surface area contributed by atoms with E-state index in [0.29, 0.717) is 28.2 Å². The van der Waals surface area contributed by atoms with Crippen LogP contribution >= 0.6 is 0 Å². The number of allylic oxidation sites excluding steroid dienone is 1. The summed E-state index contributed by atoms with van der Waals surface area (Å²) in [5.41, 5.74) is 7.02. The molecule has 8 nitrogen and oxygen atoms in total. The van der Waals surface area contributed by atoms with Gasteiger partial charge in [-0.3, -0.25) is 25.0 Å². The normalized spacial score (nSPS) is 11.1. The van der Waals surface area contributed by atoms with Crippen molar-refractivity contribution in [3.63, 3.8) is 0 Å². The maximum absolute atomic E-state index is 16.0. The van der Waals surface area contributed by atoms with Crippen molar-refractivity contribution in [1.29, 1.82) is 0 Å². The zero-order valence-corrected chi connectivity index (χ0v) is 21.4. The average Bonchev–Trinajstić information content (AvgIpc) is 3.36. The topological polar surface area (TPSA) is 104 Å². The summed E-state index contributed by atoms with van der Waals surface area (Å²) in [6.45, 7) is 14.2. The number of nitrogens with one attached hydrogen (secondary N) is 3. The Kier molecular flexibility index (Phi) is 6.66. The molecule has 0 radical (unpaired) electrons. The van der Waals surface area contributed by atoms with E-state index >= 15 is 4.39 Å². The van der Waals surface area contributed by atoms with Gasteiger partial charge in [0.1, 0.15) is 11.4 Å². The molecule has 190 valence electrons. The second kappa shape index (κ2) is 10.2. The molecule has 5 heterocycles. The fourth-order valence-electron chi connectivity index (χ4n) is 4.05. The van der Waals surface area contributed by atoms with Crippen LogP contribution in [0.3, 0.4) is 0 Å². The van der Waals surface area contributed by atoms with E-state index in [4.69, 9.17) is 0 Å². The number of aromatic amines is 1. The molecule has 0 amide bonds. The zero-order chi connectivity index (χ0) is 26.8. The minimum atomic E-state index is -0.519. The molecule has 0 spiro atoms. The van der Waals surface area contributed by atoms with Gasteiger partial charge in [0.05, 0.1) is 46.6 Å². The van der Waals surface area contributed by atoms with Gasteiger partial charge in [-0.05, 0) is 30.5 Å². The molecule has 38 heavy (non-hydrogen) atoms. The maximum Gasteiger partial charge on any atom is 0.161 e. The molecule has 3 N–H and O–H groups in total. The average molecular weight is 507 g/mol. The van der Waals surface area contributed by atoms with Gasteiger partial charge < -0.3 is 10.6 Å². The first-order valence-corrected chi connectivity index (χ1v) is 12.1. The lowest BCUT2D eigenvalue weighted by molar-refractivity contribution is 0.638. The highest BCUT2D eigenvalue weighted by molar-refractivity contribution is 5.95. The number of aromatic nitrogens is 6. The molecule has 0 aliphatic carbocycles. The number of nitrogens with zero attached hydrogens (tertiary/aromatic N) is 5. The highest BCUT2D eigenvalue weighted by atomic mass is 19.1. The molecule has 0 aromatic carbocycles. The van der Waals surface area contributed by atoms with Crippen molar-refractivity contribution in [2.75, 3.05) is 10.6 Å². The molecule has 0 saturated heterocycles. The number of rotatable bonds is 8. The van der Waals surface area contributed by atoms with E-state index in [1.165, 1.54) is 0 Å². The third kappa shape index (κ3) is 4.73. The Labute approximate surface area is 219 Å². The summed E-state index contributed by atoms with van der Waals surface area (Å²) < 4.78 is 16.0. The number of H-pyrrole nitrogens is 1. The van der Waals surface area contributed by atoms with E-state index in [0.717, 1.165) is 28.1 Å². The molecule has 0 aliphatic heterocycles. The monoisotopic (exact) mass is 506 g/mol. The standard InChI is InChI=1S/C29H27FN8/c1-16(2)18(4)35-22-9-21(11-32-12-22)29-27(30)26-25(15-34-29)37-38-28(26)19(5)36-24-14-33-13-23(17(24)3)20-7-6-8-31-10-20/h6-16,35-36H,4-5H2,1-3H3,(H,37,38). The van der Waals surface area contributed by atoms with Crippen LogP contribution in [0.4, 0.5) is 15.8 Å². The van der Waals surface area contributed by atoms with Gasteiger partial charge >= 0.3 is 0 Å². The van der Waals surface area contributed by atoms with Crippen LogP contribution in [0.5, 0.6) is 0 Å². The lowest BCUT2D eigenvalue weighted by Crippen LogP contribution is -2.05. The summed E-state index contributed by atoms with van der Waals surface area (Å²) in [7, 11) is 0. The number of fused-ring (bicyclic) bond motifs is 1. The summed E-state index contributed by atoms with van der Waals surface area (Å²) >= 11 is 0. The predicted molar refractivity (Wildman–Crippen MR) is 150 cm³/mol. The van der Waals surface area contributed by atoms with Crippen LogP contribution in [-0.4, -0.2) is 30.1 Å². The van der Waals surface area contributed by atoms with Gasteiger partial charge in [0.15, 0.2) is 5.82 Å². The van der Waals surface area contributed by atoms with Crippen molar-refractivity contribution in [3.8, 4) is 22.4 Å². The van der Waals surface area contributed by atoms with E-state index in [-0.39, 0.29) is 17.0 Å². The third-order valence-corrected chi connectivity index (χ3v) is 6.32. The lowest BCUT2D eigenvalue weighted by Gasteiger charge is -2.14. The fraction of sp³-hybridized carbons (Fsp3) is 0.138. The SMILES string of the molecule is C=C(Nc1cncc(-c2cccnc2)c1C)c1n[nH]c2cnc(-c3cncc(NC(=C)C(C)C)c3)c(F)c12. The minimum Gasteiger partial charge on any atom is -0.358 e. The molecule has 0 fully saturated rings. The first kappa shape index (κ1) is 24.8. The van der Waals surface area contributed by atoms with Gasteiger partial charge in [-0.2, -0.15) is 5.10 Å². The molecule has 0 aliphatic rings. The van der Waals surface area contributed by atoms with Crippen molar-refractivity contribution < 1.29 is 4.39 Å². The second-order valence-corrected chi connectivity index (χ2v) is 9.25. The van der Waals surface area contributed by atoms with Crippen molar-refractivity contribution in [3.05, 3.63) is 97.5 Å². The van der Waals surface area contributed by atoms with Crippen LogP contribution < -0.4 is 10.6 Å². The van der Waals surface area contributed by atoms with Crippen molar-refractivity contribution >= 4 is 28.0 Å². The number of anilines is 2. The van der Waals surface area contributed by atoms with Gasteiger partial charge in [0.25, 0.3) is 0 Å². The van der Waals surface area contributed by atoms with E-state index in [2.05, 4.69) is 53.9 Å². The zero-order valence-electron chi connectivity index (χ0n) is 21.4. The predicted octanol–water partition coefficient (Wildman–Crippen LogP) is 6.59. The van der Waals surface area contributed by atoms with Gasteiger partial charge in [0, 0.05) is 47.2 Å². The molecular formula is C29H27FN8. The Morgan fingerprint density at radius 3 is 2.53 bits per heavy atom. The number of hydrogen-bond donors (Lipinski definition) is 3. The highest BCUT2D eigenvalue weighted by Crippen LogP contribution is 2.33. The molecule has 0 bridgehead atoms. The molecule has 0 unspecified atom stereocenters. The highest BCUT2D eigenvalue weighted by Gasteiger charge is 2.20. The Balaban J connectivity index is 1.48. The van der Waals surface area contributed by atoms with Crippen LogP contribution in [0.25, 0.3) is 39.0 Å². The fourth-order valence-corrected chi connectivity index (χ4v) is 4.05. The summed E-state index contributed by atoms with van der Waals surface area (Å²) in [6.07, 6.45) is 11.8. The van der Waals surface area contributed by atoms with Crippen LogP contribution in [-0.2, 0) is 0 Å².